The molecule has 0 aromatic heterocycles. The molecule has 1 aliphatic heterocycles. The number of halogens is 1. The highest BCUT2D eigenvalue weighted by molar-refractivity contribution is 7.85. The minimum Gasteiger partial charge on any atom is -0.389 e. The van der Waals surface area contributed by atoms with E-state index in [0.717, 1.165) is 0 Å². The van der Waals surface area contributed by atoms with Gasteiger partial charge < -0.3 is 5.11 Å². The second kappa shape index (κ2) is 4.89. The second-order valence-electron chi connectivity index (χ2n) is 2.96. The minimum absolute atomic E-state index is 0.369. The van der Waals surface area contributed by atoms with Crippen LogP contribution in [0.2, 0.25) is 0 Å². The Bertz CT molecular complexity index is 157. The third-order valence-electron chi connectivity index (χ3n) is 1.92. The molecule has 1 saturated heterocycles. The summed E-state index contributed by atoms with van der Waals surface area (Å²) in [6, 6.07) is 0. The highest BCUT2D eigenvalue weighted by atomic mass is 32.2. The molecular formula is C7H14FNO2S. The number of hydrogen-bond acceptors (Lipinski definition) is 3. The van der Waals surface area contributed by atoms with Crippen LogP contribution in [0.4, 0.5) is 4.39 Å². The molecule has 1 unspecified atom stereocenters. The summed E-state index contributed by atoms with van der Waals surface area (Å²) < 4.78 is 22.8. The molecule has 0 amide bonds. The molecule has 1 heterocycles. The van der Waals surface area contributed by atoms with E-state index in [4.69, 9.17) is 5.11 Å². The fourth-order valence-corrected chi connectivity index (χ4v) is 2.33. The smallest absolute Gasteiger partial charge is 0.117 e. The van der Waals surface area contributed by atoms with Crippen molar-refractivity contribution in [1.29, 1.82) is 0 Å². The lowest BCUT2D eigenvalue weighted by molar-refractivity contribution is 0.0936. The summed E-state index contributed by atoms with van der Waals surface area (Å²) >= 11 is 0. The Hall–Kier alpha value is -0.0000000000000000555. The van der Waals surface area contributed by atoms with Crippen molar-refractivity contribution in [3.63, 3.8) is 0 Å². The molecule has 0 aromatic carbocycles. The molecule has 5 heteroatoms. The number of nitrogens with zero attached hydrogens (tertiary/aromatic N) is 1. The van der Waals surface area contributed by atoms with Crippen molar-refractivity contribution in [3.8, 4) is 0 Å². The third kappa shape index (κ3) is 3.16. The minimum atomic E-state index is -0.878. The Labute approximate surface area is 74.0 Å². The van der Waals surface area contributed by atoms with Crippen molar-refractivity contribution in [2.24, 2.45) is 0 Å². The van der Waals surface area contributed by atoms with Crippen LogP contribution in [0.5, 0.6) is 0 Å². The van der Waals surface area contributed by atoms with E-state index in [2.05, 4.69) is 0 Å². The zero-order valence-corrected chi connectivity index (χ0v) is 7.73. The largest absolute Gasteiger partial charge is 0.389 e. The van der Waals surface area contributed by atoms with E-state index in [1.165, 1.54) is 0 Å². The molecule has 1 fully saturated rings. The second-order valence-corrected chi connectivity index (χ2v) is 4.65. The van der Waals surface area contributed by atoms with Gasteiger partial charge >= 0.3 is 0 Å². The number of alkyl halides is 1. The number of β-amino-alcohol motifs (C(OH)–C–C–N with tert-alkyl or cyclic N) is 1. The lowest BCUT2D eigenvalue weighted by Crippen LogP contribution is -2.42. The highest BCUT2D eigenvalue weighted by Gasteiger charge is 2.17. The number of aliphatic hydroxyl groups is 1. The quantitative estimate of drug-likeness (QED) is 0.652. The van der Waals surface area contributed by atoms with E-state index >= 15 is 0 Å². The fraction of sp³-hybridized carbons (Fsp3) is 1.00. The monoisotopic (exact) mass is 195 g/mol. The van der Waals surface area contributed by atoms with Gasteiger partial charge in [0, 0.05) is 41.9 Å². The van der Waals surface area contributed by atoms with Crippen molar-refractivity contribution < 1.29 is 13.7 Å². The summed E-state index contributed by atoms with van der Waals surface area (Å²) in [6.45, 7) is 1.10. The van der Waals surface area contributed by atoms with Crippen LogP contribution in [-0.2, 0) is 10.8 Å². The zero-order valence-electron chi connectivity index (χ0n) is 6.91. The number of rotatable bonds is 3. The number of hydrogen-bond donors (Lipinski definition) is 1. The van der Waals surface area contributed by atoms with Crippen LogP contribution >= 0.6 is 0 Å². The lowest BCUT2D eigenvalue weighted by atomic mass is 10.3. The van der Waals surface area contributed by atoms with Gasteiger partial charge in [0.1, 0.15) is 6.67 Å². The van der Waals surface area contributed by atoms with Crippen LogP contribution < -0.4 is 0 Å². The van der Waals surface area contributed by atoms with Gasteiger partial charge in [-0.15, -0.1) is 0 Å². The molecule has 72 valence electrons. The van der Waals surface area contributed by atoms with Crippen LogP contribution in [0.15, 0.2) is 0 Å². The average molecular weight is 195 g/mol. The van der Waals surface area contributed by atoms with Crippen LogP contribution in [0.3, 0.4) is 0 Å². The molecule has 1 N–H and O–H groups in total. The first kappa shape index (κ1) is 10.1. The van der Waals surface area contributed by atoms with Gasteiger partial charge in [-0.25, -0.2) is 4.39 Å². The summed E-state index contributed by atoms with van der Waals surface area (Å²) in [7, 11) is -0.695. The van der Waals surface area contributed by atoms with Gasteiger partial charge in [-0.3, -0.25) is 9.11 Å². The van der Waals surface area contributed by atoms with Crippen LogP contribution in [0, 0.1) is 0 Å². The van der Waals surface area contributed by atoms with Gasteiger partial charge in [0.2, 0.25) is 0 Å². The molecule has 12 heavy (non-hydrogen) atoms. The molecule has 0 aromatic rings. The summed E-state index contributed by atoms with van der Waals surface area (Å²) in [6.07, 6.45) is -0.878. The predicted octanol–water partition coefficient (Wildman–Crippen LogP) is -0.619. The van der Waals surface area contributed by atoms with Crippen LogP contribution in [-0.4, -0.2) is 58.1 Å². The first-order valence-corrected chi connectivity index (χ1v) is 5.52. The van der Waals surface area contributed by atoms with Gasteiger partial charge in [-0.05, 0) is 0 Å². The van der Waals surface area contributed by atoms with E-state index in [9.17, 15) is 8.60 Å². The lowest BCUT2D eigenvalue weighted by Gasteiger charge is -2.27. The molecule has 0 saturated carbocycles. The van der Waals surface area contributed by atoms with Crippen molar-refractivity contribution in [3.05, 3.63) is 0 Å². The maximum Gasteiger partial charge on any atom is 0.117 e. The standard InChI is InChI=1S/C7H14FNO2S/c8-5-7(10)6-9-1-3-12(11)4-2-9/h7,10H,1-6H2. The highest BCUT2D eigenvalue weighted by Crippen LogP contribution is 2.01. The van der Waals surface area contributed by atoms with Crippen molar-refractivity contribution in [2.75, 3.05) is 37.8 Å². The molecule has 0 bridgehead atoms. The van der Waals surface area contributed by atoms with Crippen molar-refractivity contribution >= 4 is 10.8 Å². The van der Waals surface area contributed by atoms with E-state index < -0.39 is 23.6 Å². The summed E-state index contributed by atoms with van der Waals surface area (Å²) in [5.74, 6) is 1.30. The topological polar surface area (TPSA) is 40.5 Å². The predicted molar refractivity (Wildman–Crippen MR) is 46.3 cm³/mol. The van der Waals surface area contributed by atoms with Gasteiger partial charge in [-0.1, -0.05) is 0 Å². The van der Waals surface area contributed by atoms with Crippen molar-refractivity contribution in [2.45, 2.75) is 6.10 Å². The van der Waals surface area contributed by atoms with E-state index in [1.807, 2.05) is 4.90 Å². The third-order valence-corrected chi connectivity index (χ3v) is 3.19. The Balaban J connectivity index is 2.21. The SMILES string of the molecule is O=S1CCN(CC(O)CF)CC1. The zero-order chi connectivity index (χ0) is 8.97. The summed E-state index contributed by atoms with van der Waals surface area (Å²) in [5.41, 5.74) is 0. The Morgan fingerprint density at radius 1 is 1.50 bits per heavy atom. The molecule has 0 radical (unpaired) electrons. The molecule has 0 aliphatic carbocycles. The van der Waals surface area contributed by atoms with Gasteiger partial charge in [0.25, 0.3) is 0 Å². The molecule has 1 atom stereocenters. The molecule has 1 aliphatic rings. The molecule has 0 spiro atoms. The van der Waals surface area contributed by atoms with E-state index in [-0.39, 0.29) is 0 Å². The molecule has 3 nitrogen and oxygen atoms in total. The number of aliphatic hydroxyl groups excluding tert-OH is 1. The first-order valence-electron chi connectivity index (χ1n) is 4.03. The Kier molecular flexibility index (Phi) is 4.11. The maximum atomic E-state index is 11.9. The van der Waals surface area contributed by atoms with Gasteiger partial charge in [0.05, 0.1) is 6.10 Å². The first-order chi connectivity index (χ1) is 5.72. The van der Waals surface area contributed by atoms with Crippen molar-refractivity contribution in [1.82, 2.24) is 4.90 Å². The van der Waals surface area contributed by atoms with Gasteiger partial charge in [-0.2, -0.15) is 0 Å². The fourth-order valence-electron chi connectivity index (χ4n) is 1.21. The van der Waals surface area contributed by atoms with Crippen LogP contribution in [0.1, 0.15) is 0 Å². The summed E-state index contributed by atoms with van der Waals surface area (Å²) in [4.78, 5) is 1.95. The summed E-state index contributed by atoms with van der Waals surface area (Å²) in [5, 5.41) is 8.98. The average Bonchev–Trinajstić information content (AvgIpc) is 2.09. The van der Waals surface area contributed by atoms with E-state index in [1.54, 1.807) is 0 Å². The molecular weight excluding hydrogens is 181 g/mol. The Morgan fingerprint density at radius 2 is 2.08 bits per heavy atom. The van der Waals surface area contributed by atoms with Crippen LogP contribution in [0.25, 0.3) is 0 Å². The Morgan fingerprint density at radius 3 is 2.58 bits per heavy atom. The maximum absolute atomic E-state index is 11.9. The normalized spacial score (nSPS) is 24.2. The van der Waals surface area contributed by atoms with Gasteiger partial charge in [0.15, 0.2) is 0 Å². The molecule has 1 rings (SSSR count). The van der Waals surface area contributed by atoms with E-state index in [0.29, 0.717) is 31.1 Å².